The van der Waals surface area contributed by atoms with E-state index >= 15 is 0 Å². The molecule has 0 saturated heterocycles. The summed E-state index contributed by atoms with van der Waals surface area (Å²) in [7, 11) is 4.10. The Hall–Kier alpha value is -2.39. The van der Waals surface area contributed by atoms with Gasteiger partial charge in [0.05, 0.1) is 45.1 Å². The Kier molecular flexibility index (Phi) is 5.19. The van der Waals surface area contributed by atoms with Crippen molar-refractivity contribution >= 4 is 23.3 Å². The number of hydrogen-bond acceptors (Lipinski definition) is 3. The van der Waals surface area contributed by atoms with Gasteiger partial charge in [0.2, 0.25) is 0 Å². The Balaban J connectivity index is 2.41. The molecule has 134 valence electrons. The Bertz CT molecular complexity index is 743. The first-order chi connectivity index (χ1) is 11.7. The molecule has 0 atom stereocenters. The maximum Gasteiger partial charge on any atom is 0.338 e. The summed E-state index contributed by atoms with van der Waals surface area (Å²) in [6, 6.07) is 3.15. The molecular formula is C19H26N3O3+. The number of hydrogen-bond donors (Lipinski definition) is 1. The molecule has 1 aliphatic rings. The lowest BCUT2D eigenvalue weighted by molar-refractivity contribution is -0.914. The van der Waals surface area contributed by atoms with Gasteiger partial charge in [-0.1, -0.05) is 6.07 Å². The second-order valence-corrected chi connectivity index (χ2v) is 7.00. The lowest BCUT2D eigenvalue weighted by atomic mass is 10.0. The van der Waals surface area contributed by atoms with Crippen LogP contribution in [0.15, 0.2) is 12.1 Å². The van der Waals surface area contributed by atoms with Gasteiger partial charge in [-0.05, 0) is 32.4 Å². The smallest absolute Gasteiger partial charge is 0.338 e. The molecular weight excluding hydrogens is 318 g/mol. The minimum absolute atomic E-state index is 0.0800. The molecule has 0 spiro atoms. The van der Waals surface area contributed by atoms with Crippen LogP contribution in [0.4, 0.5) is 11.4 Å². The van der Waals surface area contributed by atoms with Gasteiger partial charge in [-0.2, -0.15) is 0 Å². The van der Waals surface area contributed by atoms with Crippen molar-refractivity contribution in [3.8, 4) is 0 Å². The van der Waals surface area contributed by atoms with Crippen LogP contribution in [0.25, 0.3) is 4.85 Å². The van der Waals surface area contributed by atoms with Crippen molar-refractivity contribution in [2.24, 2.45) is 0 Å². The molecule has 6 heteroatoms. The van der Waals surface area contributed by atoms with Crippen molar-refractivity contribution in [2.45, 2.75) is 39.2 Å². The average Bonchev–Trinajstić information content (AvgIpc) is 3.38. The first-order valence-electron chi connectivity index (χ1n) is 8.56. The van der Waals surface area contributed by atoms with Crippen molar-refractivity contribution in [1.29, 1.82) is 0 Å². The van der Waals surface area contributed by atoms with Gasteiger partial charge < -0.3 is 14.5 Å². The van der Waals surface area contributed by atoms with Crippen molar-refractivity contribution in [3.05, 3.63) is 34.7 Å². The summed E-state index contributed by atoms with van der Waals surface area (Å²) in [6.45, 7) is 13.8. The Morgan fingerprint density at radius 1 is 1.32 bits per heavy atom. The number of quaternary nitrogens is 1. The molecule has 2 rings (SSSR count). The molecule has 0 heterocycles. The molecule has 0 unspecified atom stereocenters. The van der Waals surface area contributed by atoms with Crippen LogP contribution in [0.2, 0.25) is 0 Å². The van der Waals surface area contributed by atoms with E-state index in [-0.39, 0.29) is 18.1 Å². The summed E-state index contributed by atoms with van der Waals surface area (Å²) in [5.74, 6) is -0.607. The largest absolute Gasteiger partial charge is 0.462 e. The predicted molar refractivity (Wildman–Crippen MR) is 96.6 cm³/mol. The molecule has 1 fully saturated rings. The molecule has 0 aromatic heterocycles. The number of nitrogens with one attached hydrogen (secondary N) is 1. The summed E-state index contributed by atoms with van der Waals surface area (Å²) < 4.78 is 5.70. The Labute approximate surface area is 149 Å². The van der Waals surface area contributed by atoms with E-state index in [0.29, 0.717) is 21.4 Å². The Morgan fingerprint density at radius 2 is 1.96 bits per heavy atom. The lowest BCUT2D eigenvalue weighted by Crippen LogP contribution is -2.56. The highest BCUT2D eigenvalue weighted by molar-refractivity contribution is 6.06. The predicted octanol–water partition coefficient (Wildman–Crippen LogP) is 3.29. The van der Waals surface area contributed by atoms with E-state index in [0.717, 1.165) is 19.4 Å². The van der Waals surface area contributed by atoms with Crippen LogP contribution in [0.3, 0.4) is 0 Å². The van der Waals surface area contributed by atoms with Gasteiger partial charge in [-0.3, -0.25) is 4.79 Å². The summed E-state index contributed by atoms with van der Waals surface area (Å²) in [5.41, 5.74) is 1.26. The number of ether oxygens (including phenoxy) is 1. The minimum Gasteiger partial charge on any atom is -0.462 e. The number of anilines is 1. The lowest BCUT2D eigenvalue weighted by Gasteiger charge is -2.36. The van der Waals surface area contributed by atoms with E-state index in [4.69, 9.17) is 11.3 Å². The first kappa shape index (κ1) is 18.9. The van der Waals surface area contributed by atoms with Crippen LogP contribution in [-0.2, 0) is 9.53 Å². The SMILES string of the molecule is [C-]#[N+]c1cc(C)c(NC(=O)C2([N+](C)(C)CC)CC2)c(C(=O)OCC)c1. The normalized spacial score (nSPS) is 15.2. The second-order valence-electron chi connectivity index (χ2n) is 7.00. The van der Waals surface area contributed by atoms with Gasteiger partial charge in [0.25, 0.3) is 5.91 Å². The number of nitrogens with zero attached hydrogens (tertiary/aromatic N) is 2. The topological polar surface area (TPSA) is 59.8 Å². The van der Waals surface area contributed by atoms with Gasteiger partial charge in [0.1, 0.15) is 0 Å². The van der Waals surface area contributed by atoms with Crippen LogP contribution >= 0.6 is 0 Å². The molecule has 1 saturated carbocycles. The van der Waals surface area contributed by atoms with Crippen molar-refractivity contribution < 1.29 is 18.8 Å². The van der Waals surface area contributed by atoms with Gasteiger partial charge in [0.15, 0.2) is 11.2 Å². The van der Waals surface area contributed by atoms with Crippen LogP contribution in [-0.4, -0.2) is 49.1 Å². The number of likely N-dealkylation sites (N-methyl/N-ethyl adjacent to an activating group) is 1. The molecule has 1 N–H and O–H groups in total. The monoisotopic (exact) mass is 344 g/mol. The van der Waals surface area contributed by atoms with Crippen LogP contribution in [0.1, 0.15) is 42.6 Å². The number of esters is 1. The third kappa shape index (κ3) is 3.38. The zero-order chi connectivity index (χ0) is 18.8. The molecule has 0 radical (unpaired) electrons. The highest BCUT2D eigenvalue weighted by atomic mass is 16.5. The zero-order valence-electron chi connectivity index (χ0n) is 15.6. The van der Waals surface area contributed by atoms with Gasteiger partial charge in [-0.15, -0.1) is 0 Å². The van der Waals surface area contributed by atoms with Gasteiger partial charge >= 0.3 is 5.97 Å². The van der Waals surface area contributed by atoms with E-state index in [9.17, 15) is 9.59 Å². The van der Waals surface area contributed by atoms with E-state index in [2.05, 4.69) is 17.1 Å². The third-order valence-corrected chi connectivity index (χ3v) is 5.28. The van der Waals surface area contributed by atoms with Crippen LogP contribution < -0.4 is 5.32 Å². The van der Waals surface area contributed by atoms with E-state index < -0.39 is 11.5 Å². The molecule has 1 amide bonds. The summed E-state index contributed by atoms with van der Waals surface area (Å²) in [5, 5.41) is 2.95. The van der Waals surface area contributed by atoms with Gasteiger partial charge in [-0.25, -0.2) is 9.64 Å². The fourth-order valence-electron chi connectivity index (χ4n) is 3.13. The number of amides is 1. The second kappa shape index (κ2) is 6.85. The fourth-order valence-corrected chi connectivity index (χ4v) is 3.13. The highest BCUT2D eigenvalue weighted by Crippen LogP contribution is 2.46. The third-order valence-electron chi connectivity index (χ3n) is 5.28. The molecule has 1 aromatic carbocycles. The summed E-state index contributed by atoms with van der Waals surface area (Å²) in [4.78, 5) is 28.7. The van der Waals surface area contributed by atoms with E-state index in [1.54, 1.807) is 19.9 Å². The molecule has 6 nitrogen and oxygen atoms in total. The number of carbonyl (C=O) groups is 2. The fraction of sp³-hybridized carbons (Fsp3) is 0.526. The summed E-state index contributed by atoms with van der Waals surface area (Å²) in [6.07, 6.45) is 1.65. The molecule has 25 heavy (non-hydrogen) atoms. The Morgan fingerprint density at radius 3 is 2.44 bits per heavy atom. The molecule has 1 aliphatic carbocycles. The van der Waals surface area contributed by atoms with Crippen molar-refractivity contribution in [1.82, 2.24) is 0 Å². The average molecular weight is 344 g/mol. The standard InChI is InChI=1S/C19H25N3O3/c1-7-22(5,6)19(9-10-19)18(24)21-16-13(3)11-14(20-4)12-15(16)17(23)25-8-2/h11-12H,7-10H2,1-3,5-6H3/p+1. The number of carbonyl (C=O) groups excluding carboxylic acids is 2. The highest BCUT2D eigenvalue weighted by Gasteiger charge is 2.62. The van der Waals surface area contributed by atoms with Crippen molar-refractivity contribution in [3.63, 3.8) is 0 Å². The van der Waals surface area contributed by atoms with Crippen molar-refractivity contribution in [2.75, 3.05) is 32.6 Å². The molecule has 0 aliphatic heterocycles. The van der Waals surface area contributed by atoms with Gasteiger partial charge in [0, 0.05) is 12.8 Å². The van der Waals surface area contributed by atoms with E-state index in [1.807, 2.05) is 14.1 Å². The maximum atomic E-state index is 13.0. The number of rotatable bonds is 6. The quantitative estimate of drug-likeness (QED) is 0.489. The number of benzene rings is 1. The molecule has 0 bridgehead atoms. The van der Waals surface area contributed by atoms with Crippen LogP contribution in [0, 0.1) is 13.5 Å². The van der Waals surface area contributed by atoms with Crippen LogP contribution in [0.5, 0.6) is 0 Å². The number of aryl methyl sites for hydroxylation is 1. The summed E-state index contributed by atoms with van der Waals surface area (Å²) >= 11 is 0. The first-order valence-corrected chi connectivity index (χ1v) is 8.56. The molecule has 1 aromatic rings. The maximum absolute atomic E-state index is 13.0. The van der Waals surface area contributed by atoms with E-state index in [1.165, 1.54) is 6.07 Å². The zero-order valence-corrected chi connectivity index (χ0v) is 15.6. The minimum atomic E-state index is -0.527.